The van der Waals surface area contributed by atoms with E-state index in [1.54, 1.807) is 58.0 Å². The third-order valence-electron chi connectivity index (χ3n) is 20.4. The monoisotopic (exact) mass is 1640 g/mol. The van der Waals surface area contributed by atoms with Crippen LogP contribution in [0.5, 0.6) is 5.75 Å². The van der Waals surface area contributed by atoms with Crippen molar-refractivity contribution >= 4 is 124 Å². The molecule has 117 heavy (non-hydrogen) atoms. The zero-order chi connectivity index (χ0) is 85.6. The van der Waals surface area contributed by atoms with Crippen molar-refractivity contribution in [1.29, 1.82) is 0 Å². The highest BCUT2D eigenvalue weighted by atomic mass is 32.2. The Morgan fingerprint density at radius 2 is 0.632 bits per heavy atom. The van der Waals surface area contributed by atoms with Gasteiger partial charge in [-0.2, -0.15) is 0 Å². The minimum absolute atomic E-state index is 0.0412. The molecule has 5 aromatic rings. The van der Waals surface area contributed by atoms with Gasteiger partial charge in [0, 0.05) is 86.7 Å². The van der Waals surface area contributed by atoms with Crippen molar-refractivity contribution < 1.29 is 86.2 Å². The Bertz CT molecular complexity index is 4620. The molecule has 10 aliphatic heterocycles. The van der Waals surface area contributed by atoms with E-state index in [0.29, 0.717) is 90.0 Å². The Morgan fingerprint density at radius 1 is 0.325 bits per heavy atom. The number of hydrogen-bond donors (Lipinski definition) is 5. The van der Waals surface area contributed by atoms with E-state index in [9.17, 15) is 81.5 Å². The van der Waals surface area contributed by atoms with E-state index in [4.69, 9.17) is 4.74 Å². The van der Waals surface area contributed by atoms with Gasteiger partial charge in [-0.3, -0.25) is 118 Å². The summed E-state index contributed by atoms with van der Waals surface area (Å²) in [5, 5.41) is 11.4. The van der Waals surface area contributed by atoms with Crippen molar-refractivity contribution in [3.63, 3.8) is 0 Å². The molecule has 0 bridgehead atoms. The number of benzene rings is 5. The number of carbonyl (C=O) groups excluding carboxylic acids is 17. The Hall–Kier alpha value is -11.0. The van der Waals surface area contributed by atoms with Crippen LogP contribution in [0.4, 0.5) is 0 Å². The van der Waals surface area contributed by atoms with Crippen LogP contribution in [0.1, 0.15) is 268 Å². The molecule has 5 unspecified atom stereocenters. The first-order valence-electron chi connectivity index (χ1n) is 39.2. The van der Waals surface area contributed by atoms with E-state index in [0.717, 1.165) is 53.8 Å². The lowest BCUT2D eigenvalue weighted by atomic mass is 9.85. The van der Waals surface area contributed by atoms with Gasteiger partial charge in [0.1, 0.15) is 41.6 Å². The molecule has 15 rings (SSSR count). The SMILES string of the molecule is CC(C)(C)Cc1cccc2c1C(=O)N(C1CCC(=O)NC1=O)C2=O.CC(C)(C)Cc1cccc2c1CN(C1CCC(=O)NC1=O)C2=O.CC(C)(C)Oc1cccc2c1CN(C1CCC(=O)NC1=O)C2=O.CC(C)(C)Sc1cccc2c1C(=O)N(C1CCC(=O)NC1=O)C2=O.CC(C)(C)Sc1cccc2c1CN(C1CCC(=O)NC1=O)C2=O. The van der Waals surface area contributed by atoms with E-state index in [1.165, 1.54) is 16.7 Å². The van der Waals surface area contributed by atoms with E-state index in [-0.39, 0.29) is 130 Å². The summed E-state index contributed by atoms with van der Waals surface area (Å²) in [6.45, 7) is 32.2. The molecule has 10 heterocycles. The number of hydrogen-bond acceptors (Lipinski definition) is 20. The summed E-state index contributed by atoms with van der Waals surface area (Å²) >= 11 is 3.23. The van der Waals surface area contributed by atoms with E-state index < -0.39 is 71.6 Å². The number of carbonyl (C=O) groups is 17. The predicted octanol–water partition coefficient (Wildman–Crippen LogP) is 9.65. The van der Waals surface area contributed by atoms with Gasteiger partial charge in [0.05, 0.1) is 28.8 Å². The van der Waals surface area contributed by atoms with Crippen molar-refractivity contribution in [1.82, 2.24) is 51.1 Å². The van der Waals surface area contributed by atoms with Gasteiger partial charge in [0.15, 0.2) is 0 Å². The maximum atomic E-state index is 12.9. The quantitative estimate of drug-likeness (QED) is 0.0641. The van der Waals surface area contributed by atoms with Crippen LogP contribution in [0.2, 0.25) is 0 Å². The molecule has 0 aromatic heterocycles. The number of piperidine rings is 5. The summed E-state index contributed by atoms with van der Waals surface area (Å²) in [7, 11) is 0. The van der Waals surface area contributed by atoms with Crippen molar-refractivity contribution in [2.45, 2.75) is 256 Å². The molecule has 0 saturated carbocycles. The number of rotatable bonds is 10. The molecule has 17 amide bonds. The fraction of sp³-hybridized carbons (Fsp3) is 0.460. The molecular formula is C87H100N10O18S2. The predicted molar refractivity (Wildman–Crippen MR) is 432 cm³/mol. The Labute approximate surface area is 687 Å². The second kappa shape index (κ2) is 33.9. The topological polar surface area (TPSA) is 376 Å². The first kappa shape index (κ1) is 86.8. The number of fused-ring (bicyclic) bond motifs is 5. The molecular weight excluding hydrogens is 1540 g/mol. The highest BCUT2D eigenvalue weighted by Crippen LogP contribution is 2.43. The third-order valence-corrected chi connectivity index (χ3v) is 22.8. The molecule has 28 nitrogen and oxygen atoms in total. The van der Waals surface area contributed by atoms with Gasteiger partial charge < -0.3 is 19.4 Å². The number of nitrogens with one attached hydrogen (secondary N) is 5. The van der Waals surface area contributed by atoms with Gasteiger partial charge in [0.2, 0.25) is 59.1 Å². The van der Waals surface area contributed by atoms with Crippen LogP contribution in [0, 0.1) is 10.8 Å². The van der Waals surface area contributed by atoms with Gasteiger partial charge in [-0.15, -0.1) is 23.5 Å². The molecule has 0 radical (unpaired) electrons. The Morgan fingerprint density at radius 3 is 1.03 bits per heavy atom. The van der Waals surface area contributed by atoms with E-state index in [1.807, 2.05) is 90.1 Å². The highest BCUT2D eigenvalue weighted by Gasteiger charge is 2.50. The summed E-state index contributed by atoms with van der Waals surface area (Å²) in [6.07, 6.45) is 4.08. The molecule has 0 spiro atoms. The van der Waals surface area contributed by atoms with Crippen LogP contribution in [-0.2, 0) is 80.4 Å². The summed E-state index contributed by atoms with van der Waals surface area (Å²) in [6, 6.07) is 23.7. The minimum Gasteiger partial charge on any atom is -0.488 e. The van der Waals surface area contributed by atoms with Crippen LogP contribution >= 0.6 is 23.5 Å². The van der Waals surface area contributed by atoms with Crippen LogP contribution in [0.25, 0.3) is 0 Å². The van der Waals surface area contributed by atoms with Crippen LogP contribution in [0.3, 0.4) is 0 Å². The fourth-order valence-corrected chi connectivity index (χ4v) is 17.8. The molecule has 5 fully saturated rings. The maximum absolute atomic E-state index is 12.9. The lowest BCUT2D eigenvalue weighted by Gasteiger charge is -2.29. The van der Waals surface area contributed by atoms with Crippen molar-refractivity contribution in [2.24, 2.45) is 10.8 Å². The first-order chi connectivity index (χ1) is 54.7. The Kier molecular flexibility index (Phi) is 25.2. The van der Waals surface area contributed by atoms with Crippen LogP contribution in [0.15, 0.2) is 101 Å². The van der Waals surface area contributed by atoms with Gasteiger partial charge in [-0.25, -0.2) is 0 Å². The van der Waals surface area contributed by atoms with Crippen molar-refractivity contribution in [3.05, 3.63) is 158 Å². The van der Waals surface area contributed by atoms with Crippen molar-refractivity contribution in [3.8, 4) is 5.75 Å². The van der Waals surface area contributed by atoms with Crippen molar-refractivity contribution in [2.75, 3.05) is 0 Å². The number of nitrogens with zero attached hydrogens (tertiary/aromatic N) is 5. The average Bonchev–Trinajstić information content (AvgIpc) is 1.60. The van der Waals surface area contributed by atoms with Gasteiger partial charge in [0.25, 0.3) is 41.4 Å². The zero-order valence-corrected chi connectivity index (χ0v) is 70.2. The summed E-state index contributed by atoms with van der Waals surface area (Å²) in [4.78, 5) is 215. The lowest BCUT2D eigenvalue weighted by Crippen LogP contribution is -2.54. The molecule has 618 valence electrons. The number of ether oxygens (including phenoxy) is 1. The number of imide groups is 7. The number of thioether (sulfide) groups is 2. The zero-order valence-electron chi connectivity index (χ0n) is 68.6. The maximum Gasteiger partial charge on any atom is 0.263 e. The normalized spacial score (nSPS) is 21.3. The summed E-state index contributed by atoms with van der Waals surface area (Å²) in [5.74, 6) is -5.45. The second-order valence-electron chi connectivity index (χ2n) is 35.7. The summed E-state index contributed by atoms with van der Waals surface area (Å²) in [5.41, 5.74) is 7.83. The largest absolute Gasteiger partial charge is 0.488 e. The third kappa shape index (κ3) is 19.8. The van der Waals surface area contributed by atoms with Gasteiger partial charge >= 0.3 is 0 Å². The number of amides is 17. The molecule has 5 atom stereocenters. The van der Waals surface area contributed by atoms with E-state index >= 15 is 0 Å². The fourth-order valence-electron chi connectivity index (χ4n) is 15.6. The first-order valence-corrected chi connectivity index (χ1v) is 40.8. The summed E-state index contributed by atoms with van der Waals surface area (Å²) < 4.78 is 5.86. The molecule has 30 heteroatoms. The minimum atomic E-state index is -0.928. The Balaban J connectivity index is 0.000000144. The molecule has 5 saturated heterocycles. The second-order valence-corrected chi connectivity index (χ2v) is 39.5. The average molecular weight is 1640 g/mol. The molecule has 5 N–H and O–H groups in total. The lowest BCUT2D eigenvalue weighted by molar-refractivity contribution is -0.138. The van der Waals surface area contributed by atoms with Gasteiger partial charge in [-0.05, 0) is 147 Å². The van der Waals surface area contributed by atoms with Gasteiger partial charge in [-0.1, -0.05) is 126 Å². The smallest absolute Gasteiger partial charge is 0.263 e. The van der Waals surface area contributed by atoms with Crippen LogP contribution < -0.4 is 31.3 Å². The van der Waals surface area contributed by atoms with E-state index in [2.05, 4.69) is 95.0 Å². The molecule has 10 aliphatic rings. The van der Waals surface area contributed by atoms with Crippen LogP contribution in [-0.4, -0.2) is 170 Å². The molecule has 5 aromatic carbocycles. The highest BCUT2D eigenvalue weighted by molar-refractivity contribution is 8.01. The molecule has 0 aliphatic carbocycles. The standard InChI is InChI=1S/C18H20N2O4.C18H22N2O3.C17H18N2O4S.C17H20N2O4.C17H20N2O3S/c1-18(2,3)9-10-5-4-6-11-14(10)17(24)20(16(11)23)12-7-8-13(21)19-15(12)22;1-18(2,3)9-11-5-4-6-12-13(11)10-20(17(12)23)14-7-8-15(21)19-16(14)22;1-17(2,3)24-11-6-4-5-9-13(11)16(23)19(15(9)22)10-7-8-12(20)18-14(10)21;2*1-17(2,3)23-13-6-4-5-10-11(13)9-19(16(10)22)12-7-8-14(20)18-15(12)21/h4-6,12H,7-9H2,1-3H3,(H,19,21,22);4-6,14H,7-10H2,1-3H3,(H,19,21,22);4-6,10H,7-8H2,1-3H3,(H,18,20,21);2*4-6,12H,7-9H2,1-3H3,(H,18,20,21).